The van der Waals surface area contributed by atoms with Gasteiger partial charge in [-0.05, 0) is 31.4 Å². The number of carbonyl (C=O) groups excluding carboxylic acids is 1. The summed E-state index contributed by atoms with van der Waals surface area (Å²) >= 11 is 0. The van der Waals surface area contributed by atoms with Gasteiger partial charge in [-0.2, -0.15) is 0 Å². The first-order chi connectivity index (χ1) is 10.7. The van der Waals surface area contributed by atoms with E-state index in [-0.39, 0.29) is 11.5 Å². The van der Waals surface area contributed by atoms with Gasteiger partial charge in [0.1, 0.15) is 5.75 Å². The van der Waals surface area contributed by atoms with Crippen LogP contribution in [-0.4, -0.2) is 23.6 Å². The summed E-state index contributed by atoms with van der Waals surface area (Å²) in [6.45, 7) is 3.18. The normalized spacial score (nSPS) is 16.7. The van der Waals surface area contributed by atoms with Crippen molar-refractivity contribution in [2.75, 3.05) is 6.61 Å². The van der Waals surface area contributed by atoms with Crippen molar-refractivity contribution in [3.05, 3.63) is 65.7 Å². The zero-order valence-corrected chi connectivity index (χ0v) is 12.9. The van der Waals surface area contributed by atoms with Crippen molar-refractivity contribution in [1.29, 1.82) is 0 Å². The van der Waals surface area contributed by atoms with Crippen LogP contribution in [0.4, 0.5) is 0 Å². The van der Waals surface area contributed by atoms with Gasteiger partial charge in [-0.25, -0.2) is 0 Å². The quantitative estimate of drug-likeness (QED) is 0.864. The zero-order valence-electron chi connectivity index (χ0n) is 12.9. The van der Waals surface area contributed by atoms with Gasteiger partial charge in [0, 0.05) is 12.2 Å². The predicted molar refractivity (Wildman–Crippen MR) is 87.2 cm³/mol. The number of hydrogen-bond acceptors (Lipinski definition) is 3. The number of aromatic hydroxyl groups is 1. The van der Waals surface area contributed by atoms with Crippen LogP contribution in [0.25, 0.3) is 0 Å². The molecule has 0 bridgehead atoms. The maximum Gasteiger partial charge on any atom is 0.196 e. The molecule has 0 aromatic heterocycles. The van der Waals surface area contributed by atoms with Crippen molar-refractivity contribution in [2.24, 2.45) is 0 Å². The van der Waals surface area contributed by atoms with Crippen molar-refractivity contribution in [3.63, 3.8) is 0 Å². The molecule has 0 radical (unpaired) electrons. The highest BCUT2D eigenvalue weighted by Gasteiger charge is 2.12. The molecule has 1 heterocycles. The second-order valence-electron chi connectivity index (χ2n) is 5.26. The number of phenolic OH excluding ortho intramolecular Hbond substituents is 1. The number of hydrogen-bond donors (Lipinski definition) is 1. The molecule has 1 fully saturated rings. The summed E-state index contributed by atoms with van der Waals surface area (Å²) in [5, 5.41) is 9.52. The van der Waals surface area contributed by atoms with Crippen LogP contribution in [0.15, 0.2) is 54.6 Å². The monoisotopic (exact) mass is 298 g/mol. The molecule has 116 valence electrons. The minimum Gasteiger partial charge on any atom is -0.507 e. The third-order valence-electron chi connectivity index (χ3n) is 3.66. The fourth-order valence-corrected chi connectivity index (χ4v) is 2.38. The van der Waals surface area contributed by atoms with E-state index < -0.39 is 0 Å². The fraction of sp³-hybridized carbons (Fsp3) is 0.316. The summed E-state index contributed by atoms with van der Waals surface area (Å²) in [6.07, 6.45) is 4.36. The molecule has 0 aliphatic carbocycles. The van der Waals surface area contributed by atoms with Crippen LogP contribution in [0.1, 0.15) is 42.1 Å². The van der Waals surface area contributed by atoms with E-state index in [1.807, 2.05) is 6.07 Å². The number of carbonyl (C=O) groups is 1. The predicted octanol–water partition coefficient (Wildman–Crippen LogP) is 4.20. The van der Waals surface area contributed by atoms with E-state index in [0.717, 1.165) is 6.61 Å². The van der Waals surface area contributed by atoms with Crippen molar-refractivity contribution in [2.45, 2.75) is 32.3 Å². The van der Waals surface area contributed by atoms with Crippen LogP contribution >= 0.6 is 0 Å². The van der Waals surface area contributed by atoms with Gasteiger partial charge in [0.2, 0.25) is 0 Å². The average Bonchev–Trinajstić information content (AvgIpc) is 3.10. The molecule has 2 aromatic carbocycles. The molecule has 0 spiro atoms. The number of ketones is 1. The van der Waals surface area contributed by atoms with Gasteiger partial charge < -0.3 is 9.84 Å². The molecule has 1 atom stereocenters. The Balaban J connectivity index is 0.000000211. The minimum absolute atomic E-state index is 0.0198. The van der Waals surface area contributed by atoms with Crippen LogP contribution in [-0.2, 0) is 4.74 Å². The lowest BCUT2D eigenvalue weighted by molar-refractivity contribution is 0.103. The molecule has 3 heteroatoms. The lowest BCUT2D eigenvalue weighted by atomic mass is 10.0. The molecule has 22 heavy (non-hydrogen) atoms. The molecule has 1 aliphatic heterocycles. The zero-order chi connectivity index (χ0) is 15.8. The second kappa shape index (κ2) is 8.35. The van der Waals surface area contributed by atoms with Gasteiger partial charge in [-0.1, -0.05) is 49.4 Å². The van der Waals surface area contributed by atoms with Gasteiger partial charge in [0.15, 0.2) is 5.78 Å². The van der Waals surface area contributed by atoms with Gasteiger partial charge in [0.25, 0.3) is 0 Å². The summed E-state index contributed by atoms with van der Waals surface area (Å²) in [5.41, 5.74) is 0.919. The summed E-state index contributed by atoms with van der Waals surface area (Å²) in [4.78, 5) is 11.9. The Morgan fingerprint density at radius 3 is 2.36 bits per heavy atom. The topological polar surface area (TPSA) is 46.5 Å². The summed E-state index contributed by atoms with van der Waals surface area (Å²) in [6, 6.07) is 15.5. The number of rotatable bonds is 3. The smallest absolute Gasteiger partial charge is 0.196 e. The first-order valence-electron chi connectivity index (χ1n) is 7.71. The summed E-state index contributed by atoms with van der Waals surface area (Å²) in [5.74, 6) is -0.139. The first kappa shape index (κ1) is 16.2. The van der Waals surface area contributed by atoms with Crippen LogP contribution in [0.5, 0.6) is 5.75 Å². The molecule has 0 saturated carbocycles. The van der Waals surface area contributed by atoms with E-state index in [1.165, 1.54) is 25.3 Å². The Morgan fingerprint density at radius 2 is 1.82 bits per heavy atom. The van der Waals surface area contributed by atoms with Crippen LogP contribution < -0.4 is 0 Å². The van der Waals surface area contributed by atoms with E-state index >= 15 is 0 Å². The molecular weight excluding hydrogens is 276 g/mol. The van der Waals surface area contributed by atoms with Gasteiger partial charge in [-0.3, -0.25) is 4.79 Å². The molecule has 1 aliphatic rings. The number of para-hydroxylation sites is 1. The third-order valence-corrected chi connectivity index (χ3v) is 3.66. The summed E-state index contributed by atoms with van der Waals surface area (Å²) < 4.78 is 5.30. The Hall–Kier alpha value is -2.13. The SMILES string of the molecule is CCC1CCCO1.O=C(c1ccccc1)c1ccccc1O. The lowest BCUT2D eigenvalue weighted by Crippen LogP contribution is -2.00. The van der Waals surface area contributed by atoms with Crippen LogP contribution in [0.3, 0.4) is 0 Å². The maximum absolute atomic E-state index is 11.9. The Labute approximate surface area is 131 Å². The maximum atomic E-state index is 11.9. The molecule has 3 nitrogen and oxygen atoms in total. The van der Waals surface area contributed by atoms with Crippen LogP contribution in [0.2, 0.25) is 0 Å². The van der Waals surface area contributed by atoms with Crippen molar-refractivity contribution in [3.8, 4) is 5.75 Å². The van der Waals surface area contributed by atoms with Crippen molar-refractivity contribution < 1.29 is 14.6 Å². The Bertz CT molecular complexity index is 587. The average molecular weight is 298 g/mol. The van der Waals surface area contributed by atoms with Crippen molar-refractivity contribution in [1.82, 2.24) is 0 Å². The van der Waals surface area contributed by atoms with Crippen molar-refractivity contribution >= 4 is 5.78 Å². The highest BCUT2D eigenvalue weighted by Crippen LogP contribution is 2.19. The summed E-state index contributed by atoms with van der Waals surface area (Å²) in [7, 11) is 0. The minimum atomic E-state index is -0.159. The molecule has 0 amide bonds. The molecule has 1 N–H and O–H groups in total. The van der Waals surface area contributed by atoms with E-state index in [1.54, 1.807) is 42.5 Å². The third kappa shape index (κ3) is 4.43. The van der Waals surface area contributed by atoms with E-state index in [0.29, 0.717) is 17.2 Å². The first-order valence-corrected chi connectivity index (χ1v) is 7.71. The largest absolute Gasteiger partial charge is 0.507 e. The number of benzene rings is 2. The van der Waals surface area contributed by atoms with E-state index in [4.69, 9.17) is 4.74 Å². The second-order valence-corrected chi connectivity index (χ2v) is 5.26. The molecule has 2 aromatic rings. The number of phenols is 1. The highest BCUT2D eigenvalue weighted by atomic mass is 16.5. The van der Waals surface area contributed by atoms with Gasteiger partial charge >= 0.3 is 0 Å². The Kier molecular flexibility index (Phi) is 6.16. The van der Waals surface area contributed by atoms with Gasteiger partial charge in [0.05, 0.1) is 11.7 Å². The lowest BCUT2D eigenvalue weighted by Gasteiger charge is -2.02. The Morgan fingerprint density at radius 1 is 1.14 bits per heavy atom. The molecular formula is C19H22O3. The molecule has 1 unspecified atom stereocenters. The van der Waals surface area contributed by atoms with Gasteiger partial charge in [-0.15, -0.1) is 0 Å². The van der Waals surface area contributed by atoms with E-state index in [9.17, 15) is 9.90 Å². The molecule has 1 saturated heterocycles. The van der Waals surface area contributed by atoms with Crippen LogP contribution in [0, 0.1) is 0 Å². The fourth-order valence-electron chi connectivity index (χ4n) is 2.38. The van der Waals surface area contributed by atoms with E-state index in [2.05, 4.69) is 6.92 Å². The number of ether oxygens (including phenoxy) is 1. The standard InChI is InChI=1S/C13H10O2.C6H12O/c14-12-9-5-4-8-11(12)13(15)10-6-2-1-3-7-10;1-2-6-4-3-5-7-6/h1-9,14H;6H,2-5H2,1H3. The molecule has 3 rings (SSSR count). The highest BCUT2D eigenvalue weighted by molar-refractivity contribution is 6.10.